The van der Waals surface area contributed by atoms with Gasteiger partial charge in [-0.25, -0.2) is 9.59 Å². The molecule has 0 fully saturated rings. The average Bonchev–Trinajstić information content (AvgIpc) is 2.90. The van der Waals surface area contributed by atoms with Gasteiger partial charge in [-0.1, -0.05) is 6.92 Å². The fourth-order valence-electron chi connectivity index (χ4n) is 1.98. The maximum Gasteiger partial charge on any atom is 0.334 e. The molecule has 0 heterocycles. The van der Waals surface area contributed by atoms with Crippen LogP contribution in [0.1, 0.15) is 32.6 Å². The van der Waals surface area contributed by atoms with Crippen LogP contribution < -0.4 is 0 Å². The standard InChI is InChI=1S/C13H20O6/c1-2-13(6-14,7-15)8-19-12(18)10-5-3-4-9(10)11(16)17/h14-15H,2-8H2,1H3,(H,16,17). The number of aliphatic hydroxyl groups excluding tert-OH is 2. The van der Waals surface area contributed by atoms with Crippen LogP contribution in [0.4, 0.5) is 0 Å². The lowest BCUT2D eigenvalue weighted by atomic mass is 9.88. The van der Waals surface area contributed by atoms with Gasteiger partial charge in [-0.3, -0.25) is 0 Å². The molecular weight excluding hydrogens is 252 g/mol. The van der Waals surface area contributed by atoms with E-state index in [1.165, 1.54) is 0 Å². The number of carboxylic acids is 1. The van der Waals surface area contributed by atoms with Crippen LogP contribution in [0.3, 0.4) is 0 Å². The van der Waals surface area contributed by atoms with E-state index >= 15 is 0 Å². The summed E-state index contributed by atoms with van der Waals surface area (Å²) in [6.07, 6.45) is 1.86. The van der Waals surface area contributed by atoms with Crippen molar-refractivity contribution in [2.75, 3.05) is 19.8 Å². The third-order valence-corrected chi connectivity index (χ3v) is 3.65. The van der Waals surface area contributed by atoms with Gasteiger partial charge in [-0.15, -0.1) is 0 Å². The van der Waals surface area contributed by atoms with E-state index in [0.717, 1.165) is 0 Å². The first kappa shape index (κ1) is 15.7. The molecular formula is C13H20O6. The maximum absolute atomic E-state index is 11.8. The van der Waals surface area contributed by atoms with Gasteiger partial charge < -0.3 is 20.1 Å². The molecule has 19 heavy (non-hydrogen) atoms. The molecule has 6 nitrogen and oxygen atoms in total. The fraction of sp³-hybridized carbons (Fsp3) is 0.692. The number of hydrogen-bond acceptors (Lipinski definition) is 5. The van der Waals surface area contributed by atoms with Gasteiger partial charge in [-0.2, -0.15) is 0 Å². The Morgan fingerprint density at radius 3 is 2.26 bits per heavy atom. The molecule has 0 aliphatic heterocycles. The van der Waals surface area contributed by atoms with E-state index in [1.54, 1.807) is 6.92 Å². The third-order valence-electron chi connectivity index (χ3n) is 3.65. The highest BCUT2D eigenvalue weighted by Gasteiger charge is 2.31. The van der Waals surface area contributed by atoms with Crippen LogP contribution in [-0.4, -0.2) is 47.1 Å². The van der Waals surface area contributed by atoms with Crippen molar-refractivity contribution < 1.29 is 29.6 Å². The molecule has 0 saturated carbocycles. The number of esters is 1. The van der Waals surface area contributed by atoms with E-state index < -0.39 is 17.4 Å². The molecule has 0 amide bonds. The second-order valence-corrected chi connectivity index (χ2v) is 4.86. The summed E-state index contributed by atoms with van der Waals surface area (Å²) >= 11 is 0. The second kappa shape index (κ2) is 6.68. The molecule has 0 spiro atoms. The van der Waals surface area contributed by atoms with E-state index in [1.807, 2.05) is 0 Å². The molecule has 108 valence electrons. The minimum atomic E-state index is -1.09. The number of carbonyl (C=O) groups excluding carboxylic acids is 1. The fourth-order valence-corrected chi connectivity index (χ4v) is 1.98. The van der Waals surface area contributed by atoms with Gasteiger partial charge in [0.05, 0.1) is 18.6 Å². The predicted molar refractivity (Wildman–Crippen MR) is 66.4 cm³/mol. The number of aliphatic carboxylic acids is 1. The Hall–Kier alpha value is -1.40. The Kier molecular flexibility index (Phi) is 5.50. The Labute approximate surface area is 111 Å². The van der Waals surface area contributed by atoms with Crippen LogP contribution in [0.2, 0.25) is 0 Å². The van der Waals surface area contributed by atoms with Gasteiger partial charge in [0.1, 0.15) is 6.61 Å². The van der Waals surface area contributed by atoms with Gasteiger partial charge in [0.2, 0.25) is 0 Å². The Morgan fingerprint density at radius 1 is 1.21 bits per heavy atom. The quantitative estimate of drug-likeness (QED) is 0.582. The highest BCUT2D eigenvalue weighted by atomic mass is 16.5. The number of ether oxygens (including phenoxy) is 1. The number of carbonyl (C=O) groups is 2. The van der Waals surface area contributed by atoms with Crippen LogP contribution in [0, 0.1) is 5.41 Å². The molecule has 0 radical (unpaired) electrons. The Bertz CT molecular complexity index is 372. The molecule has 0 aromatic heterocycles. The van der Waals surface area contributed by atoms with Crippen molar-refractivity contribution in [3.63, 3.8) is 0 Å². The van der Waals surface area contributed by atoms with Crippen molar-refractivity contribution in [1.82, 2.24) is 0 Å². The lowest BCUT2D eigenvalue weighted by Crippen LogP contribution is -2.35. The number of aliphatic hydroxyl groups is 2. The highest BCUT2D eigenvalue weighted by molar-refractivity contribution is 6.00. The number of rotatable bonds is 7. The molecule has 3 N–H and O–H groups in total. The van der Waals surface area contributed by atoms with Crippen molar-refractivity contribution in [3.8, 4) is 0 Å². The first-order valence-corrected chi connectivity index (χ1v) is 6.34. The van der Waals surface area contributed by atoms with E-state index in [-0.39, 0.29) is 31.0 Å². The van der Waals surface area contributed by atoms with E-state index in [9.17, 15) is 19.8 Å². The summed E-state index contributed by atoms with van der Waals surface area (Å²) in [5.41, 5.74) is -0.549. The third kappa shape index (κ3) is 3.54. The van der Waals surface area contributed by atoms with E-state index in [0.29, 0.717) is 25.7 Å². The number of carboxylic acid groups (broad SMARTS) is 1. The SMILES string of the molecule is CCC(CO)(CO)COC(=O)C1=C(C(=O)O)CCC1. The van der Waals surface area contributed by atoms with Crippen molar-refractivity contribution in [2.24, 2.45) is 5.41 Å². The molecule has 0 bridgehead atoms. The predicted octanol–water partition coefficient (Wildman–Crippen LogP) is 0.476. The first-order valence-electron chi connectivity index (χ1n) is 6.34. The summed E-state index contributed by atoms with van der Waals surface area (Å²) in [7, 11) is 0. The van der Waals surface area contributed by atoms with Crippen molar-refractivity contribution >= 4 is 11.9 Å². The number of hydrogen-bond donors (Lipinski definition) is 3. The summed E-state index contributed by atoms with van der Waals surface area (Å²) in [5.74, 6) is -1.75. The smallest absolute Gasteiger partial charge is 0.334 e. The van der Waals surface area contributed by atoms with Crippen LogP contribution in [0.15, 0.2) is 11.1 Å². The molecule has 0 aromatic carbocycles. The minimum absolute atomic E-state index is 0.111. The zero-order valence-electron chi connectivity index (χ0n) is 11.0. The lowest BCUT2D eigenvalue weighted by Gasteiger charge is -2.27. The largest absolute Gasteiger partial charge is 0.478 e. The molecule has 0 atom stereocenters. The lowest BCUT2D eigenvalue weighted by molar-refractivity contribution is -0.146. The van der Waals surface area contributed by atoms with Crippen LogP contribution >= 0.6 is 0 Å². The second-order valence-electron chi connectivity index (χ2n) is 4.86. The van der Waals surface area contributed by atoms with Crippen molar-refractivity contribution in [2.45, 2.75) is 32.6 Å². The van der Waals surface area contributed by atoms with Gasteiger partial charge in [0.25, 0.3) is 0 Å². The van der Waals surface area contributed by atoms with Crippen molar-refractivity contribution in [1.29, 1.82) is 0 Å². The minimum Gasteiger partial charge on any atom is -0.478 e. The van der Waals surface area contributed by atoms with E-state index in [4.69, 9.17) is 9.84 Å². The Morgan fingerprint density at radius 2 is 1.79 bits per heavy atom. The zero-order valence-corrected chi connectivity index (χ0v) is 11.0. The van der Waals surface area contributed by atoms with Gasteiger partial charge in [0, 0.05) is 11.1 Å². The molecule has 0 saturated heterocycles. The van der Waals surface area contributed by atoms with Gasteiger partial charge >= 0.3 is 11.9 Å². The van der Waals surface area contributed by atoms with Crippen LogP contribution in [-0.2, 0) is 14.3 Å². The molecule has 1 aliphatic carbocycles. The summed E-state index contributed by atoms with van der Waals surface area (Å²) < 4.78 is 5.06. The van der Waals surface area contributed by atoms with Gasteiger partial charge in [0.15, 0.2) is 0 Å². The van der Waals surface area contributed by atoms with Crippen LogP contribution in [0.5, 0.6) is 0 Å². The van der Waals surface area contributed by atoms with Crippen LogP contribution in [0.25, 0.3) is 0 Å². The summed E-state index contributed by atoms with van der Waals surface area (Å²) in [6.45, 7) is 1.07. The normalized spacial score (nSPS) is 15.7. The topological polar surface area (TPSA) is 104 Å². The average molecular weight is 272 g/mol. The Balaban J connectivity index is 2.70. The maximum atomic E-state index is 11.8. The van der Waals surface area contributed by atoms with Crippen molar-refractivity contribution in [3.05, 3.63) is 11.1 Å². The summed E-state index contributed by atoms with van der Waals surface area (Å²) in [5, 5.41) is 27.4. The molecule has 0 unspecified atom stereocenters. The molecule has 1 rings (SSSR count). The zero-order chi connectivity index (χ0) is 14.5. The molecule has 0 aromatic rings. The highest BCUT2D eigenvalue weighted by Crippen LogP contribution is 2.28. The van der Waals surface area contributed by atoms with Gasteiger partial charge in [-0.05, 0) is 25.7 Å². The summed E-state index contributed by atoms with van der Waals surface area (Å²) in [4.78, 5) is 22.8. The van der Waals surface area contributed by atoms with E-state index in [2.05, 4.69) is 0 Å². The monoisotopic (exact) mass is 272 g/mol. The molecule has 6 heteroatoms. The first-order chi connectivity index (χ1) is 8.99. The summed E-state index contributed by atoms with van der Waals surface area (Å²) in [6, 6.07) is 0. The molecule has 1 aliphatic rings.